The molecule has 2 rings (SSSR count). The van der Waals surface area contributed by atoms with Crippen molar-refractivity contribution < 1.29 is 4.74 Å². The summed E-state index contributed by atoms with van der Waals surface area (Å²) in [7, 11) is 0. The molecule has 0 spiro atoms. The smallest absolute Gasteiger partial charge is 0.0510 e. The third-order valence-electron chi connectivity index (χ3n) is 4.03. The Labute approximate surface area is 87.2 Å². The Hall–Kier alpha value is -0.0800. The molecule has 4 atom stereocenters. The minimum absolute atomic E-state index is 0.403. The molecule has 1 aliphatic heterocycles. The first-order valence-corrected chi connectivity index (χ1v) is 6.10. The summed E-state index contributed by atoms with van der Waals surface area (Å²) in [6, 6.07) is 0.403. The zero-order valence-electron chi connectivity index (χ0n) is 9.24. The van der Waals surface area contributed by atoms with E-state index in [0.29, 0.717) is 12.0 Å². The van der Waals surface area contributed by atoms with Crippen LogP contribution in [0.25, 0.3) is 0 Å². The highest BCUT2D eigenvalue weighted by Gasteiger charge is 2.31. The van der Waals surface area contributed by atoms with Crippen LogP contribution in [-0.2, 0) is 4.74 Å². The first kappa shape index (κ1) is 10.4. The zero-order chi connectivity index (χ0) is 9.97. The second kappa shape index (κ2) is 4.63. The molecule has 0 radical (unpaired) electrons. The summed E-state index contributed by atoms with van der Waals surface area (Å²) >= 11 is 0. The van der Waals surface area contributed by atoms with Crippen LogP contribution in [0.4, 0.5) is 0 Å². The summed E-state index contributed by atoms with van der Waals surface area (Å²) in [6.45, 7) is 4.21. The van der Waals surface area contributed by atoms with Gasteiger partial charge in [-0.2, -0.15) is 0 Å². The lowest BCUT2D eigenvalue weighted by molar-refractivity contribution is 0.158. The summed E-state index contributed by atoms with van der Waals surface area (Å²) in [4.78, 5) is 0. The van der Waals surface area contributed by atoms with E-state index >= 15 is 0 Å². The molecule has 1 saturated carbocycles. The molecule has 14 heavy (non-hydrogen) atoms. The molecule has 1 heterocycles. The fourth-order valence-electron chi connectivity index (χ4n) is 3.07. The molecular weight excluding hydrogens is 174 g/mol. The molecule has 0 aromatic heterocycles. The van der Waals surface area contributed by atoms with Crippen molar-refractivity contribution in [3.63, 3.8) is 0 Å². The highest BCUT2D eigenvalue weighted by Crippen LogP contribution is 2.33. The van der Waals surface area contributed by atoms with Crippen molar-refractivity contribution in [3.05, 3.63) is 0 Å². The van der Waals surface area contributed by atoms with Crippen LogP contribution >= 0.6 is 0 Å². The number of hydrogen-bond donors (Lipinski definition) is 1. The largest absolute Gasteiger partial charge is 0.381 e. The first-order valence-electron chi connectivity index (χ1n) is 6.10. The van der Waals surface area contributed by atoms with Crippen LogP contribution in [0.3, 0.4) is 0 Å². The van der Waals surface area contributed by atoms with Crippen molar-refractivity contribution >= 4 is 0 Å². The van der Waals surface area contributed by atoms with Gasteiger partial charge in [-0.3, -0.25) is 0 Å². The maximum absolute atomic E-state index is 6.34. The van der Waals surface area contributed by atoms with Crippen molar-refractivity contribution in [1.29, 1.82) is 0 Å². The topological polar surface area (TPSA) is 35.2 Å². The third-order valence-corrected chi connectivity index (χ3v) is 4.03. The highest BCUT2D eigenvalue weighted by atomic mass is 16.5. The molecule has 1 aliphatic carbocycles. The Kier molecular flexibility index (Phi) is 3.45. The van der Waals surface area contributed by atoms with Crippen molar-refractivity contribution in [2.45, 2.75) is 45.1 Å². The monoisotopic (exact) mass is 197 g/mol. The molecule has 2 N–H and O–H groups in total. The summed E-state index contributed by atoms with van der Waals surface area (Å²) in [5.41, 5.74) is 6.34. The molecule has 1 saturated heterocycles. The fourth-order valence-corrected chi connectivity index (χ4v) is 3.07. The molecule has 2 aliphatic rings. The maximum atomic E-state index is 6.34. The van der Waals surface area contributed by atoms with Gasteiger partial charge in [0.25, 0.3) is 0 Å². The highest BCUT2D eigenvalue weighted by molar-refractivity contribution is 4.85. The van der Waals surface area contributed by atoms with Gasteiger partial charge in [0.05, 0.1) is 6.61 Å². The number of ether oxygens (including phenoxy) is 1. The molecular formula is C12H23NO. The van der Waals surface area contributed by atoms with Gasteiger partial charge < -0.3 is 10.5 Å². The van der Waals surface area contributed by atoms with Crippen molar-refractivity contribution in [2.24, 2.45) is 23.5 Å². The Morgan fingerprint density at radius 3 is 2.71 bits per heavy atom. The van der Waals surface area contributed by atoms with Crippen LogP contribution in [0.15, 0.2) is 0 Å². The average molecular weight is 197 g/mol. The van der Waals surface area contributed by atoms with E-state index in [9.17, 15) is 0 Å². The number of rotatable bonds is 2. The maximum Gasteiger partial charge on any atom is 0.0510 e. The van der Waals surface area contributed by atoms with Gasteiger partial charge >= 0.3 is 0 Å². The average Bonchev–Trinajstić information content (AvgIpc) is 2.69. The van der Waals surface area contributed by atoms with Gasteiger partial charge in [0.1, 0.15) is 0 Å². The summed E-state index contributed by atoms with van der Waals surface area (Å²) in [5, 5.41) is 0. The number of hydrogen-bond acceptors (Lipinski definition) is 2. The molecule has 2 nitrogen and oxygen atoms in total. The SMILES string of the molecule is CC1CCCC(C(N)C2CCOC2)C1. The van der Waals surface area contributed by atoms with E-state index in [1.165, 1.54) is 32.1 Å². The van der Waals surface area contributed by atoms with E-state index < -0.39 is 0 Å². The normalized spacial score (nSPS) is 41.1. The summed E-state index contributed by atoms with van der Waals surface area (Å²) in [6.07, 6.45) is 6.67. The lowest BCUT2D eigenvalue weighted by Crippen LogP contribution is -2.40. The Morgan fingerprint density at radius 1 is 1.21 bits per heavy atom. The molecule has 0 aromatic rings. The van der Waals surface area contributed by atoms with Crippen molar-refractivity contribution in [2.75, 3.05) is 13.2 Å². The van der Waals surface area contributed by atoms with Crippen LogP contribution < -0.4 is 5.73 Å². The van der Waals surface area contributed by atoms with Crippen molar-refractivity contribution in [3.8, 4) is 0 Å². The van der Waals surface area contributed by atoms with Gasteiger partial charge in [-0.1, -0.05) is 19.8 Å². The van der Waals surface area contributed by atoms with Gasteiger partial charge in [-0.05, 0) is 37.0 Å². The molecule has 0 bridgehead atoms. The minimum Gasteiger partial charge on any atom is -0.381 e. The molecule has 0 aromatic carbocycles. The van der Waals surface area contributed by atoms with Gasteiger partial charge in [0.15, 0.2) is 0 Å². The van der Waals surface area contributed by atoms with E-state index in [1.54, 1.807) is 0 Å². The van der Waals surface area contributed by atoms with E-state index in [-0.39, 0.29) is 0 Å². The predicted molar refractivity (Wildman–Crippen MR) is 58.0 cm³/mol. The van der Waals surface area contributed by atoms with E-state index in [4.69, 9.17) is 10.5 Å². The van der Waals surface area contributed by atoms with Gasteiger partial charge in [0.2, 0.25) is 0 Å². The van der Waals surface area contributed by atoms with Crippen LogP contribution in [0.1, 0.15) is 39.0 Å². The van der Waals surface area contributed by atoms with E-state index in [2.05, 4.69) is 6.92 Å². The lowest BCUT2D eigenvalue weighted by Gasteiger charge is -2.33. The van der Waals surface area contributed by atoms with Gasteiger partial charge in [0, 0.05) is 12.6 Å². The molecule has 2 fully saturated rings. The van der Waals surface area contributed by atoms with Crippen LogP contribution in [0, 0.1) is 17.8 Å². The lowest BCUT2D eigenvalue weighted by atomic mass is 9.75. The fraction of sp³-hybridized carbons (Fsp3) is 1.00. The predicted octanol–water partition coefficient (Wildman–Crippen LogP) is 2.18. The molecule has 0 amide bonds. The first-order chi connectivity index (χ1) is 6.77. The summed E-state index contributed by atoms with van der Waals surface area (Å²) < 4.78 is 5.42. The minimum atomic E-state index is 0.403. The standard InChI is InChI=1S/C12H23NO/c1-9-3-2-4-10(7-9)12(13)11-5-6-14-8-11/h9-12H,2-8,13H2,1H3. The Balaban J connectivity index is 1.86. The van der Waals surface area contributed by atoms with E-state index in [1.807, 2.05) is 0 Å². The van der Waals surface area contributed by atoms with Crippen LogP contribution in [0.5, 0.6) is 0 Å². The zero-order valence-corrected chi connectivity index (χ0v) is 9.24. The third kappa shape index (κ3) is 2.29. The number of nitrogens with two attached hydrogens (primary N) is 1. The summed E-state index contributed by atoms with van der Waals surface area (Å²) in [5.74, 6) is 2.30. The van der Waals surface area contributed by atoms with Crippen LogP contribution in [-0.4, -0.2) is 19.3 Å². The van der Waals surface area contributed by atoms with Crippen molar-refractivity contribution in [1.82, 2.24) is 0 Å². The van der Waals surface area contributed by atoms with E-state index in [0.717, 1.165) is 25.0 Å². The molecule has 2 heteroatoms. The van der Waals surface area contributed by atoms with Gasteiger partial charge in [-0.15, -0.1) is 0 Å². The van der Waals surface area contributed by atoms with Crippen LogP contribution in [0.2, 0.25) is 0 Å². The van der Waals surface area contributed by atoms with Gasteiger partial charge in [-0.25, -0.2) is 0 Å². The quantitative estimate of drug-likeness (QED) is 0.736. The second-order valence-corrected chi connectivity index (χ2v) is 5.23. The molecule has 4 unspecified atom stereocenters. The Morgan fingerprint density at radius 2 is 2.07 bits per heavy atom. The Bertz CT molecular complexity index is 177. The molecule has 82 valence electrons. The second-order valence-electron chi connectivity index (χ2n) is 5.23.